The zero-order chi connectivity index (χ0) is 13.4. The van der Waals surface area contributed by atoms with Crippen LogP contribution in [-0.2, 0) is 4.74 Å². The summed E-state index contributed by atoms with van der Waals surface area (Å²) in [7, 11) is 0. The van der Waals surface area contributed by atoms with Crippen LogP contribution in [0.3, 0.4) is 0 Å². The van der Waals surface area contributed by atoms with E-state index in [0.717, 1.165) is 31.0 Å². The van der Waals surface area contributed by atoms with Crippen LogP contribution >= 0.6 is 0 Å². The van der Waals surface area contributed by atoms with Crippen molar-refractivity contribution in [3.63, 3.8) is 0 Å². The van der Waals surface area contributed by atoms with Crippen molar-refractivity contribution in [1.82, 2.24) is 4.98 Å². The van der Waals surface area contributed by atoms with Crippen LogP contribution in [0.1, 0.15) is 43.9 Å². The molecule has 0 aromatic carbocycles. The minimum Gasteiger partial charge on any atom is -0.378 e. The van der Waals surface area contributed by atoms with Gasteiger partial charge in [0, 0.05) is 24.3 Å². The quantitative estimate of drug-likeness (QED) is 0.904. The minimum atomic E-state index is 0.372. The Balaban J connectivity index is 1.79. The summed E-state index contributed by atoms with van der Waals surface area (Å²) in [5.74, 6) is 1.71. The summed E-state index contributed by atoms with van der Waals surface area (Å²) in [6.07, 6.45) is 2.58. The van der Waals surface area contributed by atoms with Gasteiger partial charge in [-0.3, -0.25) is 0 Å². The first kappa shape index (κ1) is 12.4. The van der Waals surface area contributed by atoms with Crippen molar-refractivity contribution in [3.8, 4) is 6.07 Å². The zero-order valence-corrected chi connectivity index (χ0v) is 11.4. The highest BCUT2D eigenvalue weighted by atomic mass is 16.5. The summed E-state index contributed by atoms with van der Waals surface area (Å²) in [6, 6.07) is 6.44. The van der Waals surface area contributed by atoms with Gasteiger partial charge in [0.15, 0.2) is 0 Å². The molecule has 2 aliphatic rings. The third-order valence-electron chi connectivity index (χ3n) is 4.21. The number of hydrogen-bond donors (Lipinski definition) is 1. The van der Waals surface area contributed by atoms with Gasteiger partial charge in [0.2, 0.25) is 0 Å². The van der Waals surface area contributed by atoms with Gasteiger partial charge in [-0.2, -0.15) is 5.26 Å². The van der Waals surface area contributed by atoms with E-state index in [1.54, 1.807) is 0 Å². The molecule has 1 saturated carbocycles. The fourth-order valence-corrected chi connectivity index (χ4v) is 2.93. The monoisotopic (exact) mass is 257 g/mol. The van der Waals surface area contributed by atoms with Gasteiger partial charge >= 0.3 is 0 Å². The van der Waals surface area contributed by atoms with Crippen LogP contribution in [0.5, 0.6) is 0 Å². The predicted octanol–water partition coefficient (Wildman–Crippen LogP) is 2.67. The molecular weight excluding hydrogens is 238 g/mol. The molecule has 4 heteroatoms. The number of fused-ring (bicyclic) bond motifs is 1. The Morgan fingerprint density at radius 2 is 2.32 bits per heavy atom. The molecule has 100 valence electrons. The van der Waals surface area contributed by atoms with Crippen LogP contribution in [0.25, 0.3) is 0 Å². The standard InChI is InChI=1S/C15H19N3O/c1-9(2)12-4-3-10(8-16)15(17-12)18-13-7-14-11(13)5-6-19-14/h3-4,9,11,13-14H,5-7H2,1-2H3,(H,17,18)/t11-,13-,14+/m0/s1. The number of hydrogen-bond acceptors (Lipinski definition) is 4. The van der Waals surface area contributed by atoms with E-state index in [1.165, 1.54) is 0 Å². The van der Waals surface area contributed by atoms with E-state index in [9.17, 15) is 5.26 Å². The molecule has 4 nitrogen and oxygen atoms in total. The fourth-order valence-electron chi connectivity index (χ4n) is 2.93. The molecule has 1 N–H and O–H groups in total. The predicted molar refractivity (Wildman–Crippen MR) is 72.9 cm³/mol. The molecule has 0 spiro atoms. The lowest BCUT2D eigenvalue weighted by molar-refractivity contribution is 0.0246. The van der Waals surface area contributed by atoms with Crippen molar-refractivity contribution in [2.24, 2.45) is 5.92 Å². The molecule has 0 amide bonds. The van der Waals surface area contributed by atoms with E-state index < -0.39 is 0 Å². The van der Waals surface area contributed by atoms with Gasteiger partial charge in [-0.1, -0.05) is 13.8 Å². The lowest BCUT2D eigenvalue weighted by Crippen LogP contribution is -2.47. The van der Waals surface area contributed by atoms with Crippen molar-refractivity contribution >= 4 is 5.82 Å². The summed E-state index contributed by atoms with van der Waals surface area (Å²) in [4.78, 5) is 4.60. The number of pyridine rings is 1. The average molecular weight is 257 g/mol. The van der Waals surface area contributed by atoms with Crippen molar-refractivity contribution < 1.29 is 4.74 Å². The van der Waals surface area contributed by atoms with Crippen molar-refractivity contribution in [3.05, 3.63) is 23.4 Å². The molecule has 1 aliphatic carbocycles. The van der Waals surface area contributed by atoms with E-state index in [2.05, 4.69) is 30.2 Å². The number of rotatable bonds is 3. The van der Waals surface area contributed by atoms with Gasteiger partial charge in [0.25, 0.3) is 0 Å². The molecule has 19 heavy (non-hydrogen) atoms. The highest BCUT2D eigenvalue weighted by Gasteiger charge is 2.45. The van der Waals surface area contributed by atoms with Crippen LogP contribution in [0.15, 0.2) is 12.1 Å². The molecule has 1 aliphatic heterocycles. The molecular formula is C15H19N3O. The summed E-state index contributed by atoms with van der Waals surface area (Å²) < 4.78 is 5.61. The molecule has 0 unspecified atom stereocenters. The van der Waals surface area contributed by atoms with Crippen molar-refractivity contribution in [2.75, 3.05) is 11.9 Å². The minimum absolute atomic E-state index is 0.372. The zero-order valence-electron chi connectivity index (χ0n) is 11.4. The van der Waals surface area contributed by atoms with E-state index >= 15 is 0 Å². The van der Waals surface area contributed by atoms with Gasteiger partial charge in [0.1, 0.15) is 11.9 Å². The van der Waals surface area contributed by atoms with Crippen LogP contribution in [0, 0.1) is 17.2 Å². The Hall–Kier alpha value is -1.60. The summed E-state index contributed by atoms with van der Waals surface area (Å²) in [5, 5.41) is 12.6. The maximum atomic E-state index is 9.18. The molecule has 3 rings (SSSR count). The number of anilines is 1. The fraction of sp³-hybridized carbons (Fsp3) is 0.600. The third kappa shape index (κ3) is 2.19. The van der Waals surface area contributed by atoms with Crippen LogP contribution in [0.2, 0.25) is 0 Å². The smallest absolute Gasteiger partial charge is 0.144 e. The molecule has 1 aromatic rings. The van der Waals surface area contributed by atoms with Gasteiger partial charge in [-0.05, 0) is 30.9 Å². The van der Waals surface area contributed by atoms with Gasteiger partial charge in [-0.15, -0.1) is 0 Å². The van der Waals surface area contributed by atoms with E-state index in [4.69, 9.17) is 4.74 Å². The van der Waals surface area contributed by atoms with E-state index in [1.807, 2.05) is 12.1 Å². The Morgan fingerprint density at radius 3 is 3.00 bits per heavy atom. The molecule has 3 atom stereocenters. The largest absolute Gasteiger partial charge is 0.378 e. The second-order valence-corrected chi connectivity index (χ2v) is 5.75. The van der Waals surface area contributed by atoms with Gasteiger partial charge in [0.05, 0.1) is 11.7 Å². The highest BCUT2D eigenvalue weighted by molar-refractivity contribution is 5.53. The van der Waals surface area contributed by atoms with Gasteiger partial charge < -0.3 is 10.1 Å². The molecule has 0 radical (unpaired) electrons. The van der Waals surface area contributed by atoms with Crippen LogP contribution in [-0.4, -0.2) is 23.7 Å². The topological polar surface area (TPSA) is 57.9 Å². The number of nitriles is 1. The molecule has 0 bridgehead atoms. The second kappa shape index (κ2) is 4.82. The maximum absolute atomic E-state index is 9.18. The Bertz CT molecular complexity index is 521. The molecule has 1 aromatic heterocycles. The summed E-state index contributed by atoms with van der Waals surface area (Å²) in [6.45, 7) is 5.10. The van der Waals surface area contributed by atoms with E-state index in [0.29, 0.717) is 29.5 Å². The SMILES string of the molecule is CC(C)c1ccc(C#N)c(N[C@H]2C[C@H]3OCC[C@@H]23)n1. The van der Waals surface area contributed by atoms with Crippen LogP contribution < -0.4 is 5.32 Å². The molecule has 2 fully saturated rings. The first-order chi connectivity index (χ1) is 9.19. The maximum Gasteiger partial charge on any atom is 0.144 e. The average Bonchev–Trinajstić information content (AvgIpc) is 2.77. The normalized spacial score (nSPS) is 28.6. The molecule has 1 saturated heterocycles. The summed E-state index contributed by atoms with van der Waals surface area (Å²) >= 11 is 0. The molecule has 2 heterocycles. The Labute approximate surface area is 113 Å². The second-order valence-electron chi connectivity index (χ2n) is 5.75. The van der Waals surface area contributed by atoms with Crippen molar-refractivity contribution in [1.29, 1.82) is 5.26 Å². The Kier molecular flexibility index (Phi) is 3.16. The number of aromatic nitrogens is 1. The summed E-state index contributed by atoms with van der Waals surface area (Å²) in [5.41, 5.74) is 1.66. The van der Waals surface area contributed by atoms with Crippen LogP contribution in [0.4, 0.5) is 5.82 Å². The highest BCUT2D eigenvalue weighted by Crippen LogP contribution is 2.40. The number of nitrogens with one attached hydrogen (secondary N) is 1. The first-order valence-electron chi connectivity index (χ1n) is 6.98. The number of nitrogens with zero attached hydrogens (tertiary/aromatic N) is 2. The van der Waals surface area contributed by atoms with Crippen molar-refractivity contribution in [2.45, 2.75) is 44.8 Å². The number of ether oxygens (including phenoxy) is 1. The Morgan fingerprint density at radius 1 is 1.47 bits per heavy atom. The van der Waals surface area contributed by atoms with Gasteiger partial charge in [-0.25, -0.2) is 4.98 Å². The lowest BCUT2D eigenvalue weighted by Gasteiger charge is -2.39. The first-order valence-corrected chi connectivity index (χ1v) is 6.98. The lowest BCUT2D eigenvalue weighted by atomic mass is 9.76. The third-order valence-corrected chi connectivity index (χ3v) is 4.21. The van der Waals surface area contributed by atoms with E-state index in [-0.39, 0.29) is 0 Å².